The summed E-state index contributed by atoms with van der Waals surface area (Å²) in [6.07, 6.45) is 2.74. The highest BCUT2D eigenvalue weighted by Gasteiger charge is 2.23. The van der Waals surface area contributed by atoms with Crippen molar-refractivity contribution in [1.29, 1.82) is 0 Å². The Morgan fingerprint density at radius 2 is 2.10 bits per heavy atom. The molecule has 1 aromatic carbocycles. The predicted molar refractivity (Wildman–Crippen MR) is 79.7 cm³/mol. The minimum Gasteiger partial charge on any atom is -0.508 e. The van der Waals surface area contributed by atoms with Gasteiger partial charge in [0.1, 0.15) is 5.75 Å². The van der Waals surface area contributed by atoms with Gasteiger partial charge in [0.2, 0.25) is 5.91 Å². The molecule has 4 nitrogen and oxygen atoms in total. The summed E-state index contributed by atoms with van der Waals surface area (Å²) < 4.78 is 0. The van der Waals surface area contributed by atoms with E-state index in [4.69, 9.17) is 0 Å². The molecule has 1 aliphatic heterocycles. The van der Waals surface area contributed by atoms with Gasteiger partial charge in [-0.3, -0.25) is 4.79 Å². The lowest BCUT2D eigenvalue weighted by Gasteiger charge is -2.29. The molecule has 1 aromatic rings. The standard InChI is InChI=1S/C16H24N2O2/c1-12(2)18(11-14-4-3-9-17-14)16(20)10-13-5-7-15(19)8-6-13/h5-8,12,14,17,19H,3-4,9-11H2,1-2H3. The molecule has 1 fully saturated rings. The van der Waals surface area contributed by atoms with Gasteiger partial charge in [-0.05, 0) is 50.9 Å². The maximum Gasteiger partial charge on any atom is 0.227 e. The van der Waals surface area contributed by atoms with Crippen LogP contribution in [-0.4, -0.2) is 41.1 Å². The van der Waals surface area contributed by atoms with Crippen molar-refractivity contribution in [2.75, 3.05) is 13.1 Å². The van der Waals surface area contributed by atoms with Crippen LogP contribution in [0, 0.1) is 0 Å². The molecule has 2 N–H and O–H groups in total. The van der Waals surface area contributed by atoms with E-state index in [1.165, 1.54) is 6.42 Å². The average Bonchev–Trinajstić information content (AvgIpc) is 2.91. The molecule has 1 saturated heterocycles. The molecule has 4 heteroatoms. The van der Waals surface area contributed by atoms with Gasteiger partial charge in [0.25, 0.3) is 0 Å². The number of benzene rings is 1. The first kappa shape index (κ1) is 14.9. The smallest absolute Gasteiger partial charge is 0.227 e. The first-order valence-electron chi connectivity index (χ1n) is 7.37. The summed E-state index contributed by atoms with van der Waals surface area (Å²) in [7, 11) is 0. The molecule has 1 amide bonds. The molecule has 110 valence electrons. The van der Waals surface area contributed by atoms with Crippen molar-refractivity contribution in [1.82, 2.24) is 10.2 Å². The lowest BCUT2D eigenvalue weighted by Crippen LogP contribution is -2.45. The highest BCUT2D eigenvalue weighted by atomic mass is 16.3. The minimum absolute atomic E-state index is 0.152. The molecular weight excluding hydrogens is 252 g/mol. The summed E-state index contributed by atoms with van der Waals surface area (Å²) in [5.74, 6) is 0.386. The molecule has 0 radical (unpaired) electrons. The maximum absolute atomic E-state index is 12.5. The van der Waals surface area contributed by atoms with E-state index >= 15 is 0 Å². The Morgan fingerprint density at radius 3 is 2.65 bits per heavy atom. The van der Waals surface area contributed by atoms with Gasteiger partial charge in [0.05, 0.1) is 6.42 Å². The van der Waals surface area contributed by atoms with Crippen molar-refractivity contribution < 1.29 is 9.90 Å². The van der Waals surface area contributed by atoms with E-state index in [1.54, 1.807) is 24.3 Å². The molecule has 0 saturated carbocycles. The van der Waals surface area contributed by atoms with Gasteiger partial charge >= 0.3 is 0 Å². The normalized spacial score (nSPS) is 18.4. The van der Waals surface area contributed by atoms with Gasteiger partial charge in [-0.15, -0.1) is 0 Å². The third-order valence-electron chi connectivity index (χ3n) is 3.81. The number of amides is 1. The molecular formula is C16H24N2O2. The Hall–Kier alpha value is -1.55. The van der Waals surface area contributed by atoms with Crippen LogP contribution in [0.15, 0.2) is 24.3 Å². The largest absolute Gasteiger partial charge is 0.508 e. The molecule has 20 heavy (non-hydrogen) atoms. The summed E-state index contributed by atoms with van der Waals surface area (Å²) in [5.41, 5.74) is 0.942. The Bertz CT molecular complexity index is 436. The number of nitrogens with zero attached hydrogens (tertiary/aromatic N) is 1. The van der Waals surface area contributed by atoms with Crippen molar-refractivity contribution in [3.63, 3.8) is 0 Å². The molecule has 0 aromatic heterocycles. The van der Waals surface area contributed by atoms with Crippen molar-refractivity contribution in [3.05, 3.63) is 29.8 Å². The zero-order valence-electron chi connectivity index (χ0n) is 12.3. The number of nitrogens with one attached hydrogen (secondary N) is 1. The van der Waals surface area contributed by atoms with Gasteiger partial charge in [0.15, 0.2) is 0 Å². The van der Waals surface area contributed by atoms with E-state index in [-0.39, 0.29) is 17.7 Å². The fraction of sp³-hybridized carbons (Fsp3) is 0.562. The second-order valence-electron chi connectivity index (χ2n) is 5.78. The Morgan fingerprint density at radius 1 is 1.40 bits per heavy atom. The predicted octanol–water partition coefficient (Wildman–Crippen LogP) is 1.92. The summed E-state index contributed by atoms with van der Waals surface area (Å²) in [4.78, 5) is 14.4. The molecule has 1 aliphatic rings. The molecule has 0 spiro atoms. The number of aromatic hydroxyl groups is 1. The van der Waals surface area contributed by atoms with Gasteiger partial charge in [-0.25, -0.2) is 0 Å². The summed E-state index contributed by atoms with van der Waals surface area (Å²) in [6.45, 7) is 5.96. The zero-order valence-corrected chi connectivity index (χ0v) is 12.3. The second kappa shape index (κ2) is 6.75. The minimum atomic E-state index is 0.152. The molecule has 1 atom stereocenters. The SMILES string of the molecule is CC(C)N(CC1CCCN1)C(=O)Cc1ccc(O)cc1. The van der Waals surface area contributed by atoms with Crippen molar-refractivity contribution in [3.8, 4) is 5.75 Å². The van der Waals surface area contributed by atoms with Crippen LogP contribution >= 0.6 is 0 Å². The van der Waals surface area contributed by atoms with Crippen LogP contribution in [0.3, 0.4) is 0 Å². The Kier molecular flexibility index (Phi) is 5.01. The number of hydrogen-bond donors (Lipinski definition) is 2. The van der Waals surface area contributed by atoms with E-state index in [2.05, 4.69) is 19.2 Å². The monoisotopic (exact) mass is 276 g/mol. The summed E-state index contributed by atoms with van der Waals surface area (Å²) >= 11 is 0. The lowest BCUT2D eigenvalue weighted by molar-refractivity contribution is -0.132. The van der Waals surface area contributed by atoms with Gasteiger partial charge in [-0.1, -0.05) is 12.1 Å². The number of rotatable bonds is 5. The van der Waals surface area contributed by atoms with E-state index in [0.29, 0.717) is 12.5 Å². The fourth-order valence-corrected chi connectivity index (χ4v) is 2.64. The van der Waals surface area contributed by atoms with Crippen molar-refractivity contribution >= 4 is 5.91 Å². The number of phenols is 1. The van der Waals surface area contributed by atoms with Gasteiger partial charge < -0.3 is 15.3 Å². The number of phenolic OH excluding ortho intramolecular Hbond substituents is 1. The van der Waals surface area contributed by atoms with Crippen LogP contribution in [0.25, 0.3) is 0 Å². The van der Waals surface area contributed by atoms with E-state index in [1.807, 2.05) is 4.90 Å². The third kappa shape index (κ3) is 3.97. The van der Waals surface area contributed by atoms with Crippen LogP contribution in [0.5, 0.6) is 5.75 Å². The maximum atomic E-state index is 12.5. The first-order valence-corrected chi connectivity index (χ1v) is 7.37. The molecule has 0 aliphatic carbocycles. The molecule has 2 rings (SSSR count). The third-order valence-corrected chi connectivity index (χ3v) is 3.81. The van der Waals surface area contributed by atoms with Crippen LogP contribution in [0.4, 0.5) is 0 Å². The summed E-state index contributed by atoms with van der Waals surface area (Å²) in [6, 6.07) is 7.50. The van der Waals surface area contributed by atoms with Gasteiger partial charge in [-0.2, -0.15) is 0 Å². The van der Waals surface area contributed by atoms with Crippen molar-refractivity contribution in [2.45, 2.75) is 45.2 Å². The molecule has 1 heterocycles. The number of carbonyl (C=O) groups is 1. The highest BCUT2D eigenvalue weighted by molar-refractivity contribution is 5.79. The topological polar surface area (TPSA) is 52.6 Å². The highest BCUT2D eigenvalue weighted by Crippen LogP contribution is 2.14. The fourth-order valence-electron chi connectivity index (χ4n) is 2.64. The molecule has 1 unspecified atom stereocenters. The first-order chi connectivity index (χ1) is 9.56. The zero-order chi connectivity index (χ0) is 14.5. The Labute approximate surface area is 120 Å². The van der Waals surface area contributed by atoms with E-state index in [9.17, 15) is 9.90 Å². The second-order valence-corrected chi connectivity index (χ2v) is 5.78. The van der Waals surface area contributed by atoms with Crippen molar-refractivity contribution in [2.24, 2.45) is 0 Å². The van der Waals surface area contributed by atoms with E-state index < -0.39 is 0 Å². The van der Waals surface area contributed by atoms with Crippen LogP contribution in [0.1, 0.15) is 32.3 Å². The summed E-state index contributed by atoms with van der Waals surface area (Å²) in [5, 5.41) is 12.7. The van der Waals surface area contributed by atoms with Gasteiger partial charge in [0, 0.05) is 18.6 Å². The van der Waals surface area contributed by atoms with Crippen LogP contribution in [0.2, 0.25) is 0 Å². The van der Waals surface area contributed by atoms with E-state index in [0.717, 1.165) is 25.1 Å². The number of carbonyl (C=O) groups excluding carboxylic acids is 1. The van der Waals surface area contributed by atoms with Crippen LogP contribution < -0.4 is 5.32 Å². The lowest BCUT2D eigenvalue weighted by atomic mass is 10.1. The quantitative estimate of drug-likeness (QED) is 0.864. The number of hydrogen-bond acceptors (Lipinski definition) is 3. The molecule has 0 bridgehead atoms. The average molecular weight is 276 g/mol. The van der Waals surface area contributed by atoms with Crippen LogP contribution in [-0.2, 0) is 11.2 Å². The Balaban J connectivity index is 1.97.